The van der Waals surface area contributed by atoms with E-state index in [0.717, 1.165) is 18.9 Å². The smallest absolute Gasteiger partial charge is 0.0221 e. The molecule has 1 nitrogen and oxygen atoms in total. The Bertz CT molecular complexity index is 197. The van der Waals surface area contributed by atoms with Crippen molar-refractivity contribution in [1.82, 2.24) is 5.32 Å². The van der Waals surface area contributed by atoms with E-state index in [1.165, 1.54) is 25.7 Å². The molecule has 1 rings (SSSR count). The fraction of sp³-hybridized carbons (Fsp3) is 0.692. The summed E-state index contributed by atoms with van der Waals surface area (Å²) in [5, 5.41) is 3.63. The molecule has 1 saturated carbocycles. The van der Waals surface area contributed by atoms with Gasteiger partial charge in [0.15, 0.2) is 0 Å². The standard InChI is InChI=1S/C13H23N/c1-4-8-13(14-10-5-2)9-6-7-12(3)11-13/h4-5,12,14H,1-2,6-11H2,3H3. The molecule has 2 unspecified atom stereocenters. The molecule has 1 aliphatic carbocycles. The van der Waals surface area contributed by atoms with Crippen LogP contribution >= 0.6 is 0 Å². The second-order valence-corrected chi connectivity index (χ2v) is 4.64. The molecule has 2 atom stereocenters. The highest BCUT2D eigenvalue weighted by Gasteiger charge is 2.32. The molecule has 1 N–H and O–H groups in total. The minimum absolute atomic E-state index is 0.313. The minimum Gasteiger partial charge on any atom is -0.307 e. The first-order chi connectivity index (χ1) is 6.72. The Balaban J connectivity index is 2.58. The van der Waals surface area contributed by atoms with Crippen molar-refractivity contribution < 1.29 is 0 Å². The van der Waals surface area contributed by atoms with Crippen molar-refractivity contribution in [3.05, 3.63) is 25.3 Å². The molecule has 0 bridgehead atoms. The van der Waals surface area contributed by atoms with Gasteiger partial charge in [-0.1, -0.05) is 31.9 Å². The zero-order chi connectivity index (χ0) is 10.4. The highest BCUT2D eigenvalue weighted by atomic mass is 15.0. The summed E-state index contributed by atoms with van der Waals surface area (Å²) in [7, 11) is 0. The van der Waals surface area contributed by atoms with E-state index in [1.54, 1.807) is 0 Å². The number of hydrogen-bond acceptors (Lipinski definition) is 1. The molecule has 0 saturated heterocycles. The Morgan fingerprint density at radius 3 is 2.79 bits per heavy atom. The van der Waals surface area contributed by atoms with Gasteiger partial charge in [-0.05, 0) is 25.2 Å². The van der Waals surface area contributed by atoms with Gasteiger partial charge in [-0.3, -0.25) is 0 Å². The van der Waals surface area contributed by atoms with Crippen LogP contribution in [0.2, 0.25) is 0 Å². The van der Waals surface area contributed by atoms with Gasteiger partial charge in [0, 0.05) is 12.1 Å². The summed E-state index contributed by atoms with van der Waals surface area (Å²) in [6, 6.07) is 0. The summed E-state index contributed by atoms with van der Waals surface area (Å²) in [6.07, 6.45) is 10.4. The van der Waals surface area contributed by atoms with Crippen LogP contribution in [0.1, 0.15) is 39.0 Å². The molecule has 80 valence electrons. The van der Waals surface area contributed by atoms with E-state index in [2.05, 4.69) is 25.4 Å². The van der Waals surface area contributed by atoms with Crippen LogP contribution in [0.25, 0.3) is 0 Å². The summed E-state index contributed by atoms with van der Waals surface area (Å²) in [4.78, 5) is 0. The number of hydrogen-bond donors (Lipinski definition) is 1. The van der Waals surface area contributed by atoms with Crippen LogP contribution in [-0.4, -0.2) is 12.1 Å². The molecule has 0 spiro atoms. The molecule has 0 amide bonds. The minimum atomic E-state index is 0.313. The normalized spacial score (nSPS) is 32.5. The molecule has 0 aliphatic heterocycles. The Morgan fingerprint density at radius 2 is 2.21 bits per heavy atom. The predicted octanol–water partition coefficient (Wildman–Crippen LogP) is 3.29. The molecule has 1 fully saturated rings. The molecule has 0 aromatic heterocycles. The Hall–Kier alpha value is -0.560. The first-order valence-corrected chi connectivity index (χ1v) is 5.69. The Kier molecular flexibility index (Phi) is 4.40. The average Bonchev–Trinajstić information content (AvgIpc) is 2.15. The van der Waals surface area contributed by atoms with Gasteiger partial charge in [-0.15, -0.1) is 13.2 Å². The Labute approximate surface area is 88.3 Å². The predicted molar refractivity (Wildman–Crippen MR) is 63.4 cm³/mol. The maximum atomic E-state index is 3.87. The second kappa shape index (κ2) is 5.35. The van der Waals surface area contributed by atoms with Gasteiger partial charge in [0.2, 0.25) is 0 Å². The van der Waals surface area contributed by atoms with Crippen LogP contribution in [0.5, 0.6) is 0 Å². The van der Waals surface area contributed by atoms with Crippen molar-refractivity contribution >= 4 is 0 Å². The molecule has 1 heteroatoms. The van der Waals surface area contributed by atoms with Crippen molar-refractivity contribution in [3.8, 4) is 0 Å². The van der Waals surface area contributed by atoms with Gasteiger partial charge < -0.3 is 5.32 Å². The van der Waals surface area contributed by atoms with E-state index in [9.17, 15) is 0 Å². The third-order valence-electron chi connectivity index (χ3n) is 3.25. The molecule has 14 heavy (non-hydrogen) atoms. The second-order valence-electron chi connectivity index (χ2n) is 4.64. The summed E-state index contributed by atoms with van der Waals surface area (Å²) in [5.41, 5.74) is 0.313. The van der Waals surface area contributed by atoms with Crippen molar-refractivity contribution in [2.45, 2.75) is 44.6 Å². The zero-order valence-corrected chi connectivity index (χ0v) is 9.39. The van der Waals surface area contributed by atoms with Crippen molar-refractivity contribution in [2.24, 2.45) is 5.92 Å². The maximum absolute atomic E-state index is 3.87. The topological polar surface area (TPSA) is 12.0 Å². The Morgan fingerprint density at radius 1 is 1.43 bits per heavy atom. The zero-order valence-electron chi connectivity index (χ0n) is 9.39. The quantitative estimate of drug-likeness (QED) is 0.661. The van der Waals surface area contributed by atoms with Gasteiger partial charge in [-0.25, -0.2) is 0 Å². The lowest BCUT2D eigenvalue weighted by molar-refractivity contribution is 0.194. The molecule has 0 aromatic carbocycles. The van der Waals surface area contributed by atoms with E-state index in [4.69, 9.17) is 0 Å². The monoisotopic (exact) mass is 193 g/mol. The van der Waals surface area contributed by atoms with Crippen molar-refractivity contribution in [3.63, 3.8) is 0 Å². The average molecular weight is 193 g/mol. The highest BCUT2D eigenvalue weighted by molar-refractivity contribution is 4.98. The molecular weight excluding hydrogens is 170 g/mol. The lowest BCUT2D eigenvalue weighted by atomic mass is 9.74. The lowest BCUT2D eigenvalue weighted by Gasteiger charge is -2.40. The third kappa shape index (κ3) is 2.98. The van der Waals surface area contributed by atoms with Crippen molar-refractivity contribution in [1.29, 1.82) is 0 Å². The van der Waals surface area contributed by atoms with Crippen molar-refractivity contribution in [2.75, 3.05) is 6.54 Å². The largest absolute Gasteiger partial charge is 0.307 e. The number of rotatable bonds is 5. The van der Waals surface area contributed by atoms with Crippen LogP contribution in [0.3, 0.4) is 0 Å². The van der Waals surface area contributed by atoms with E-state index in [-0.39, 0.29) is 0 Å². The van der Waals surface area contributed by atoms with Gasteiger partial charge >= 0.3 is 0 Å². The van der Waals surface area contributed by atoms with E-state index < -0.39 is 0 Å². The highest BCUT2D eigenvalue weighted by Crippen LogP contribution is 2.34. The van der Waals surface area contributed by atoms with E-state index >= 15 is 0 Å². The molecule has 0 aromatic rings. The third-order valence-corrected chi connectivity index (χ3v) is 3.25. The summed E-state index contributed by atoms with van der Waals surface area (Å²) in [5.74, 6) is 0.848. The maximum Gasteiger partial charge on any atom is 0.0221 e. The van der Waals surface area contributed by atoms with Crippen LogP contribution in [0.15, 0.2) is 25.3 Å². The van der Waals surface area contributed by atoms with E-state index in [0.29, 0.717) is 5.54 Å². The molecule has 0 radical (unpaired) electrons. The van der Waals surface area contributed by atoms with Crippen LogP contribution in [-0.2, 0) is 0 Å². The van der Waals surface area contributed by atoms with E-state index in [1.807, 2.05) is 12.2 Å². The molecule has 1 aliphatic rings. The first kappa shape index (κ1) is 11.5. The first-order valence-electron chi connectivity index (χ1n) is 5.69. The summed E-state index contributed by atoms with van der Waals surface area (Å²) >= 11 is 0. The van der Waals surface area contributed by atoms with Crippen LogP contribution in [0.4, 0.5) is 0 Å². The van der Waals surface area contributed by atoms with Gasteiger partial charge in [0.1, 0.15) is 0 Å². The van der Waals surface area contributed by atoms with Gasteiger partial charge in [0.25, 0.3) is 0 Å². The fourth-order valence-electron chi connectivity index (χ4n) is 2.64. The van der Waals surface area contributed by atoms with Gasteiger partial charge in [-0.2, -0.15) is 0 Å². The fourth-order valence-corrected chi connectivity index (χ4v) is 2.64. The van der Waals surface area contributed by atoms with Crippen LogP contribution in [0, 0.1) is 5.92 Å². The van der Waals surface area contributed by atoms with Crippen LogP contribution < -0.4 is 5.32 Å². The number of nitrogens with one attached hydrogen (secondary N) is 1. The SMILES string of the molecule is C=CCNC1(CC=C)CCCC(C)C1. The van der Waals surface area contributed by atoms with Gasteiger partial charge in [0.05, 0.1) is 0 Å². The summed E-state index contributed by atoms with van der Waals surface area (Å²) < 4.78 is 0. The molecular formula is C13H23N. The molecule has 0 heterocycles. The lowest BCUT2D eigenvalue weighted by Crippen LogP contribution is -2.48. The summed E-state index contributed by atoms with van der Waals surface area (Å²) in [6.45, 7) is 10.9.